The monoisotopic (exact) mass is 972 g/mol. The second-order valence-electron chi connectivity index (χ2n) is 19.0. The minimum absolute atomic E-state index is 0.581. The van der Waals surface area contributed by atoms with E-state index in [0.717, 1.165) is 123 Å². The number of aromatic nitrogens is 8. The molecule has 0 N–H and O–H groups in total. The summed E-state index contributed by atoms with van der Waals surface area (Å²) in [7, 11) is 0. The molecule has 1 aliphatic carbocycles. The van der Waals surface area contributed by atoms with Gasteiger partial charge in [-0.3, -0.25) is 9.97 Å². The summed E-state index contributed by atoms with van der Waals surface area (Å²) in [6, 6.07) is 70.0. The fourth-order valence-electron chi connectivity index (χ4n) is 10.7. The van der Waals surface area contributed by atoms with Crippen molar-refractivity contribution < 1.29 is 0 Å². The largest absolute Gasteiger partial charge is 0.265 e. The number of hydrogen-bond donors (Lipinski definition) is 0. The lowest BCUT2D eigenvalue weighted by Gasteiger charge is -2.21. The average Bonchev–Trinajstić information content (AvgIpc) is 3.57. The lowest BCUT2D eigenvalue weighted by molar-refractivity contribution is 0.979. The number of allylic oxidation sites excluding steroid dienone is 4. The van der Waals surface area contributed by atoms with Crippen LogP contribution in [0.4, 0.5) is 0 Å². The molecule has 0 saturated heterocycles. The predicted octanol–water partition coefficient (Wildman–Crippen LogP) is 16.5. The van der Waals surface area contributed by atoms with Gasteiger partial charge in [0.25, 0.3) is 0 Å². The average molecular weight is 973 g/mol. The molecule has 0 unspecified atom stereocenters. The Morgan fingerprint density at radius 2 is 0.618 bits per heavy atom. The van der Waals surface area contributed by atoms with Gasteiger partial charge >= 0.3 is 0 Å². The first kappa shape index (κ1) is 44.5. The third kappa shape index (κ3) is 8.15. The van der Waals surface area contributed by atoms with Crippen molar-refractivity contribution in [3.63, 3.8) is 0 Å². The minimum Gasteiger partial charge on any atom is -0.265 e. The van der Waals surface area contributed by atoms with E-state index >= 15 is 0 Å². The summed E-state index contributed by atoms with van der Waals surface area (Å²) < 4.78 is 0. The molecule has 0 atom stereocenters. The van der Waals surface area contributed by atoms with Gasteiger partial charge in [-0.15, -0.1) is 0 Å². The van der Waals surface area contributed by atoms with E-state index in [1.807, 2.05) is 67.3 Å². The van der Waals surface area contributed by atoms with Crippen molar-refractivity contribution in [3.05, 3.63) is 249 Å². The van der Waals surface area contributed by atoms with Crippen molar-refractivity contribution in [2.75, 3.05) is 0 Å². The first-order valence-electron chi connectivity index (χ1n) is 25.5. The van der Waals surface area contributed by atoms with Crippen LogP contribution < -0.4 is 0 Å². The van der Waals surface area contributed by atoms with E-state index in [9.17, 15) is 0 Å². The third-order valence-electron chi connectivity index (χ3n) is 14.5. The number of rotatable bonds is 10. The van der Waals surface area contributed by atoms with Crippen molar-refractivity contribution in [3.8, 4) is 101 Å². The van der Waals surface area contributed by atoms with Crippen molar-refractivity contribution in [2.24, 2.45) is 0 Å². The molecule has 0 saturated carbocycles. The zero-order valence-corrected chi connectivity index (χ0v) is 41.1. The van der Waals surface area contributed by atoms with Crippen LogP contribution in [0, 0.1) is 0 Å². The lowest BCUT2D eigenvalue weighted by atomic mass is 9.83. The van der Waals surface area contributed by atoms with Gasteiger partial charge in [0.2, 0.25) is 0 Å². The molecule has 9 aromatic carbocycles. The summed E-state index contributed by atoms with van der Waals surface area (Å²) in [5, 5.41) is 6.52. The van der Waals surface area contributed by atoms with Crippen LogP contribution in [0.5, 0.6) is 0 Å². The van der Waals surface area contributed by atoms with Crippen molar-refractivity contribution >= 4 is 37.9 Å². The highest BCUT2D eigenvalue weighted by molar-refractivity contribution is 6.31. The first-order chi connectivity index (χ1) is 37.7. The van der Waals surface area contributed by atoms with Crippen molar-refractivity contribution in [2.45, 2.75) is 12.8 Å². The van der Waals surface area contributed by atoms with Crippen LogP contribution in [0.25, 0.3) is 139 Å². The molecule has 0 radical (unpaired) electrons. The highest BCUT2D eigenvalue weighted by Crippen LogP contribution is 2.48. The number of benzene rings is 9. The number of pyridine rings is 2. The van der Waals surface area contributed by atoms with Crippen LogP contribution in [0.2, 0.25) is 0 Å². The highest BCUT2D eigenvalue weighted by Gasteiger charge is 2.25. The van der Waals surface area contributed by atoms with Crippen LogP contribution >= 0.6 is 0 Å². The van der Waals surface area contributed by atoms with Gasteiger partial charge in [0.1, 0.15) is 0 Å². The van der Waals surface area contributed by atoms with Crippen LogP contribution in [0.1, 0.15) is 18.7 Å². The Morgan fingerprint density at radius 1 is 0.276 bits per heavy atom. The maximum absolute atomic E-state index is 5.41. The molecular formula is C68H44N8. The van der Waals surface area contributed by atoms with Crippen LogP contribution in [0.3, 0.4) is 0 Å². The zero-order valence-electron chi connectivity index (χ0n) is 41.1. The smallest absolute Gasteiger partial charge is 0.164 e. The van der Waals surface area contributed by atoms with Crippen molar-refractivity contribution in [1.29, 1.82) is 0 Å². The summed E-state index contributed by atoms with van der Waals surface area (Å²) in [4.78, 5) is 40.4. The molecule has 13 aromatic rings. The molecule has 356 valence electrons. The topological polar surface area (TPSA) is 103 Å². The molecular weight excluding hydrogens is 929 g/mol. The zero-order chi connectivity index (χ0) is 50.4. The summed E-state index contributed by atoms with van der Waals surface area (Å²) in [5.74, 6) is 3.66. The molecule has 0 amide bonds. The lowest BCUT2D eigenvalue weighted by Crippen LogP contribution is -2.04. The van der Waals surface area contributed by atoms with E-state index < -0.39 is 0 Å². The van der Waals surface area contributed by atoms with E-state index in [1.165, 1.54) is 0 Å². The van der Waals surface area contributed by atoms with E-state index in [-0.39, 0.29) is 0 Å². The molecule has 0 spiro atoms. The normalized spacial score (nSPS) is 12.4. The summed E-state index contributed by atoms with van der Waals surface area (Å²) in [5.41, 5.74) is 14.3. The predicted molar refractivity (Wildman–Crippen MR) is 308 cm³/mol. The fourth-order valence-corrected chi connectivity index (χ4v) is 10.7. The standard InChI is InChI=1S/C68H44N8/c1-5-13-47(14-6-1)57-41-59(67-73-63(49-17-9-3-10-18-49)71-65(75-67)51-25-21-43(22-26-51)45-33-37-69-38-34-45)55-32-30-54-58(48-15-7-2-8-16-48)42-60(56-31-29-53(57)61(55)62(54)56)68-74-64(50-19-11-4-12-20-50)72-66(76-68)52-27-23-44(24-28-52)46-35-39-70-40-36-46/h1-11,13-19,21-42H,12,20H2. The Kier molecular flexibility index (Phi) is 11.1. The third-order valence-corrected chi connectivity index (χ3v) is 14.5. The molecule has 8 heteroatoms. The molecule has 4 aromatic heterocycles. The Labute approximate surface area is 439 Å². The molecule has 76 heavy (non-hydrogen) atoms. The summed E-state index contributed by atoms with van der Waals surface area (Å²) in [6.07, 6.45) is 15.5. The fraction of sp³-hybridized carbons (Fsp3) is 0.0294. The molecule has 0 fully saturated rings. The maximum atomic E-state index is 5.41. The molecule has 0 bridgehead atoms. The summed E-state index contributed by atoms with van der Waals surface area (Å²) in [6.45, 7) is 0. The van der Waals surface area contributed by atoms with Gasteiger partial charge in [-0.1, -0.05) is 182 Å². The number of nitrogens with zero attached hydrogens (tertiary/aromatic N) is 8. The van der Waals surface area contributed by atoms with E-state index in [0.29, 0.717) is 34.9 Å². The van der Waals surface area contributed by atoms with Gasteiger partial charge in [0.05, 0.1) is 0 Å². The van der Waals surface area contributed by atoms with Crippen LogP contribution in [-0.2, 0) is 0 Å². The quantitative estimate of drug-likeness (QED) is 0.125. The second kappa shape index (κ2) is 19.0. The minimum atomic E-state index is 0.581. The van der Waals surface area contributed by atoms with E-state index in [4.69, 9.17) is 29.9 Å². The van der Waals surface area contributed by atoms with Gasteiger partial charge in [-0.25, -0.2) is 29.9 Å². The van der Waals surface area contributed by atoms with E-state index in [2.05, 4.69) is 186 Å². The molecule has 4 heterocycles. The van der Waals surface area contributed by atoms with Crippen LogP contribution in [0.15, 0.2) is 243 Å². The van der Waals surface area contributed by atoms with E-state index in [1.54, 1.807) is 0 Å². The van der Waals surface area contributed by atoms with Gasteiger partial charge < -0.3 is 0 Å². The Morgan fingerprint density at radius 3 is 1.04 bits per heavy atom. The maximum Gasteiger partial charge on any atom is 0.164 e. The number of hydrogen-bond acceptors (Lipinski definition) is 8. The molecule has 1 aliphatic rings. The van der Waals surface area contributed by atoms with Gasteiger partial charge in [0.15, 0.2) is 34.9 Å². The summed E-state index contributed by atoms with van der Waals surface area (Å²) >= 11 is 0. The first-order valence-corrected chi connectivity index (χ1v) is 25.5. The van der Waals surface area contributed by atoms with Gasteiger partial charge in [-0.05, 0) is 132 Å². The Bertz CT molecular complexity index is 4340. The van der Waals surface area contributed by atoms with Crippen LogP contribution in [-0.4, -0.2) is 39.9 Å². The van der Waals surface area contributed by atoms with Gasteiger partial charge in [-0.2, -0.15) is 0 Å². The Balaban J connectivity index is 1.03. The molecule has 8 nitrogen and oxygen atoms in total. The second-order valence-corrected chi connectivity index (χ2v) is 19.0. The molecule has 0 aliphatic heterocycles. The SMILES string of the molecule is C1=CCCC(c2nc(-c3ccc(-c4ccncc4)cc3)nc(-c3cc(-c4ccccc4)c4ccc5c(-c6nc(-c7ccccc7)nc(-c7ccc(-c8ccncc8)cc7)n6)cc(-c6ccccc6)c6ccc3c4c65)n2)=C1. The highest BCUT2D eigenvalue weighted by atomic mass is 15.0. The Hall–Kier alpha value is -10.2. The van der Waals surface area contributed by atoms with Gasteiger partial charge in [0, 0.05) is 52.6 Å². The molecule has 14 rings (SSSR count). The van der Waals surface area contributed by atoms with Crippen molar-refractivity contribution in [1.82, 2.24) is 39.9 Å².